The highest BCUT2D eigenvalue weighted by molar-refractivity contribution is 6.19. The third kappa shape index (κ3) is 15.2. The van der Waals surface area contributed by atoms with Gasteiger partial charge in [-0.3, -0.25) is 0 Å². The van der Waals surface area contributed by atoms with Gasteiger partial charge >= 0.3 is 0 Å². The molecular formula is C135H105N9O3. The second-order valence-corrected chi connectivity index (χ2v) is 41.4. The van der Waals surface area contributed by atoms with Crippen LogP contribution in [-0.2, 0) is 16.2 Å². The van der Waals surface area contributed by atoms with E-state index in [1.165, 1.54) is 88.7 Å². The molecular weight excluding hydrogens is 1800 g/mol. The van der Waals surface area contributed by atoms with Crippen molar-refractivity contribution in [2.24, 2.45) is 23.2 Å². The van der Waals surface area contributed by atoms with E-state index in [1.807, 2.05) is 164 Å². The SMILES string of the molecule is CC(C)(C)C1(C)c2cccc(-c3ccc(-c4nc(-c5ccccc5)nc(-c5ccccc5)n4)cc3)c2-c2c1ccc1oc3ccccc3c21.CC(C)C1(C(C)C)c2cc(-c3nc(-c4ccccc4)nc(-c4cccc(-c5ccccc5)c4)n3)ccc2-c2cc3c(cc21)oc1ccccc13.CC(C)C1(C)c2cccc(-c3cccc(-c4nc(-c5ccccc5)nc(-c5ccccc5)n4)c3)c2-c2c1ccc1oc3ccccc3c21. The van der Waals surface area contributed by atoms with Crippen LogP contribution in [0.4, 0.5) is 0 Å². The van der Waals surface area contributed by atoms with Crippen molar-refractivity contribution in [3.8, 4) is 169 Å². The van der Waals surface area contributed by atoms with Gasteiger partial charge in [-0.2, -0.15) is 0 Å². The normalized spacial score (nSPS) is 14.7. The number of fused-ring (bicyclic) bond motifs is 20. The van der Waals surface area contributed by atoms with E-state index in [4.69, 9.17) is 58.1 Å². The number of benzene rings is 18. The summed E-state index contributed by atoms with van der Waals surface area (Å²) in [6.07, 6.45) is 0. The van der Waals surface area contributed by atoms with E-state index < -0.39 is 0 Å². The Bertz CT molecular complexity index is 9150. The van der Waals surface area contributed by atoms with Gasteiger partial charge in [-0.15, -0.1) is 0 Å². The van der Waals surface area contributed by atoms with Crippen LogP contribution in [0.25, 0.3) is 235 Å². The van der Waals surface area contributed by atoms with Crippen LogP contribution in [0.15, 0.2) is 432 Å². The molecule has 0 amide bonds. The van der Waals surface area contributed by atoms with E-state index in [-0.39, 0.29) is 21.7 Å². The standard InChI is InChI=1S/C46H37N3O.C45H35N3O.C44H33N3O/c1-28(2)46(29(3)4)39-25-34(22-23-35(39)37-26-38-36-20-11-12-21-41(36)50-42(38)27-40(37)46)45-48-43(31-16-9-6-10-17-31)47-44(49-45)33-19-13-18-32(24-33)30-14-7-5-8-15-30;1-44(2,3)45(4)34-20-13-19-32(38(34)40-35(45)26-27-37-39(40)33-18-11-12-21-36(33)49-37)28-22-24-31(25-23-28)43-47-41(29-14-7-5-8-15-29)46-42(48-43)30-16-9-6-10-17-30;1-27(2)44(3)34-22-13-21-32(38(34)40-35(44)24-25-37-39(40)33-20-10-11-23-36(33)48-37)30-18-12-19-31(26-30)43-46-41(28-14-6-4-7-15-28)45-42(47-43)29-16-8-5-9-17-29/h5-29H,1-4H3;5-27H,1-4H3;4-27H,1-3H3. The highest BCUT2D eigenvalue weighted by Crippen LogP contribution is 2.64. The maximum absolute atomic E-state index is 6.44. The van der Waals surface area contributed by atoms with E-state index >= 15 is 0 Å². The van der Waals surface area contributed by atoms with E-state index in [2.05, 4.69) is 331 Å². The summed E-state index contributed by atoms with van der Waals surface area (Å²) in [5.74, 6) is 6.93. The molecule has 12 heteroatoms. The minimum Gasteiger partial charge on any atom is -0.456 e. The average molecular weight is 1900 g/mol. The minimum atomic E-state index is -0.226. The number of hydrogen-bond donors (Lipinski definition) is 0. The van der Waals surface area contributed by atoms with E-state index in [0.717, 1.165) is 127 Å². The monoisotopic (exact) mass is 1900 g/mol. The minimum absolute atomic E-state index is 0.0334. The van der Waals surface area contributed by atoms with Crippen molar-refractivity contribution < 1.29 is 13.3 Å². The Morgan fingerprint density at radius 3 is 0.966 bits per heavy atom. The van der Waals surface area contributed by atoms with Crippen molar-refractivity contribution in [1.82, 2.24) is 44.9 Å². The molecule has 3 aliphatic carbocycles. The number of para-hydroxylation sites is 3. The fourth-order valence-corrected chi connectivity index (χ4v) is 23.7. The molecule has 12 nitrogen and oxygen atoms in total. The van der Waals surface area contributed by atoms with Crippen LogP contribution in [0.3, 0.4) is 0 Å². The Hall–Kier alpha value is -17.6. The van der Waals surface area contributed by atoms with Crippen LogP contribution in [0.2, 0.25) is 0 Å². The summed E-state index contributed by atoms with van der Waals surface area (Å²) >= 11 is 0. The molecule has 0 aliphatic heterocycles. The first-order valence-corrected chi connectivity index (χ1v) is 50.9. The maximum atomic E-state index is 6.44. The van der Waals surface area contributed by atoms with E-state index in [0.29, 0.717) is 70.2 Å². The molecule has 0 N–H and O–H groups in total. The van der Waals surface area contributed by atoms with Gasteiger partial charge in [-0.25, -0.2) is 44.9 Å². The molecule has 2 unspecified atom stereocenters. The molecule has 147 heavy (non-hydrogen) atoms. The quantitative estimate of drug-likeness (QED) is 0.0959. The van der Waals surface area contributed by atoms with Crippen molar-refractivity contribution in [3.05, 3.63) is 452 Å². The number of nitrogens with zero attached hydrogens (tertiary/aromatic N) is 9. The highest BCUT2D eigenvalue weighted by Gasteiger charge is 2.52. The zero-order valence-corrected chi connectivity index (χ0v) is 83.8. The summed E-state index contributed by atoms with van der Waals surface area (Å²) in [6, 6.07) is 146. The lowest BCUT2D eigenvalue weighted by molar-refractivity contribution is 0.255. The molecule has 0 saturated heterocycles. The molecule has 27 rings (SSSR count). The first-order valence-electron chi connectivity index (χ1n) is 50.9. The Morgan fingerprint density at radius 2 is 0.510 bits per heavy atom. The number of aromatic nitrogens is 9. The molecule has 708 valence electrons. The van der Waals surface area contributed by atoms with Crippen LogP contribution < -0.4 is 0 Å². The molecule has 0 fully saturated rings. The summed E-state index contributed by atoms with van der Waals surface area (Å²) in [5, 5.41) is 7.00. The van der Waals surface area contributed by atoms with Crippen LogP contribution in [-0.4, -0.2) is 44.9 Å². The van der Waals surface area contributed by atoms with Gasteiger partial charge in [0.15, 0.2) is 52.4 Å². The molecule has 0 saturated carbocycles. The van der Waals surface area contributed by atoms with Gasteiger partial charge in [0.05, 0.1) is 0 Å². The first kappa shape index (κ1) is 90.7. The zero-order valence-electron chi connectivity index (χ0n) is 83.8. The number of furan rings is 3. The lowest BCUT2D eigenvalue weighted by Gasteiger charge is -2.41. The average Bonchev–Trinajstić information content (AvgIpc) is 1.53. The largest absolute Gasteiger partial charge is 0.456 e. The Labute approximate surface area is 854 Å². The van der Waals surface area contributed by atoms with Gasteiger partial charge in [-0.05, 0) is 184 Å². The van der Waals surface area contributed by atoms with Gasteiger partial charge in [0.1, 0.15) is 33.5 Å². The van der Waals surface area contributed by atoms with Gasteiger partial charge in [-0.1, -0.05) is 434 Å². The Morgan fingerprint density at radius 1 is 0.197 bits per heavy atom. The van der Waals surface area contributed by atoms with Crippen LogP contribution in [0, 0.1) is 23.2 Å². The summed E-state index contributed by atoms with van der Waals surface area (Å²) in [4.78, 5) is 45.1. The third-order valence-corrected chi connectivity index (χ3v) is 31.5. The number of hydrogen-bond acceptors (Lipinski definition) is 12. The molecule has 2 atom stereocenters. The molecule has 6 aromatic heterocycles. The summed E-state index contributed by atoms with van der Waals surface area (Å²) < 4.78 is 19.3. The summed E-state index contributed by atoms with van der Waals surface area (Å²) in [6.45, 7) is 25.9. The molecule has 6 heterocycles. The van der Waals surface area contributed by atoms with Crippen LogP contribution in [0.1, 0.15) is 110 Å². The smallest absolute Gasteiger partial charge is 0.164 e. The van der Waals surface area contributed by atoms with Gasteiger partial charge in [0.25, 0.3) is 0 Å². The summed E-state index contributed by atoms with van der Waals surface area (Å²) in [5.41, 5.74) is 36.2. The second-order valence-electron chi connectivity index (χ2n) is 41.4. The topological polar surface area (TPSA) is 155 Å². The molecule has 24 aromatic rings. The fourth-order valence-electron chi connectivity index (χ4n) is 23.7. The van der Waals surface area contributed by atoms with Crippen molar-refractivity contribution in [2.45, 2.75) is 92.4 Å². The van der Waals surface area contributed by atoms with Crippen molar-refractivity contribution >= 4 is 65.8 Å². The molecule has 0 bridgehead atoms. The van der Waals surface area contributed by atoms with Gasteiger partial charge in [0, 0.05) is 98.6 Å². The van der Waals surface area contributed by atoms with Crippen LogP contribution in [0.5, 0.6) is 0 Å². The van der Waals surface area contributed by atoms with Gasteiger partial charge < -0.3 is 13.3 Å². The predicted molar refractivity (Wildman–Crippen MR) is 601 cm³/mol. The van der Waals surface area contributed by atoms with E-state index in [1.54, 1.807) is 0 Å². The maximum Gasteiger partial charge on any atom is 0.164 e. The Kier molecular flexibility index (Phi) is 22.2. The van der Waals surface area contributed by atoms with Crippen LogP contribution >= 0.6 is 0 Å². The first-order chi connectivity index (χ1) is 71.7. The predicted octanol–water partition coefficient (Wildman–Crippen LogP) is 35.2. The lowest BCUT2D eigenvalue weighted by Crippen LogP contribution is -2.37. The number of rotatable bonds is 15. The third-order valence-electron chi connectivity index (χ3n) is 31.5. The van der Waals surface area contributed by atoms with E-state index in [9.17, 15) is 0 Å². The van der Waals surface area contributed by atoms with Crippen molar-refractivity contribution in [3.63, 3.8) is 0 Å². The molecule has 0 spiro atoms. The molecule has 18 aromatic carbocycles. The molecule has 3 aliphatic rings. The Balaban J connectivity index is 0.000000115. The lowest BCUT2D eigenvalue weighted by atomic mass is 9.62. The second kappa shape index (κ2) is 36.1. The zero-order chi connectivity index (χ0) is 99.7. The molecule has 0 radical (unpaired) electrons. The fraction of sp³-hybridized carbons (Fsp3) is 0.133. The summed E-state index contributed by atoms with van der Waals surface area (Å²) in [7, 11) is 0. The van der Waals surface area contributed by atoms with Crippen molar-refractivity contribution in [2.75, 3.05) is 0 Å². The van der Waals surface area contributed by atoms with Crippen molar-refractivity contribution in [1.29, 1.82) is 0 Å². The van der Waals surface area contributed by atoms with Gasteiger partial charge in [0.2, 0.25) is 0 Å². The highest BCUT2D eigenvalue weighted by atomic mass is 16.3.